The van der Waals surface area contributed by atoms with Crippen LogP contribution in [0.4, 0.5) is 4.79 Å². The van der Waals surface area contributed by atoms with Gasteiger partial charge in [0.1, 0.15) is 11.5 Å². The molecule has 2 aromatic carbocycles. The minimum Gasteiger partial charge on any atom is -0.478 e. The maximum Gasteiger partial charge on any atom is 0.519 e. The first kappa shape index (κ1) is 16.3. The maximum absolute atomic E-state index is 11.7. The van der Waals surface area contributed by atoms with Gasteiger partial charge in [-0.25, -0.2) is 9.59 Å². The second-order valence-corrected chi connectivity index (χ2v) is 4.82. The number of carboxylic acid groups (broad SMARTS) is 1. The van der Waals surface area contributed by atoms with Crippen LogP contribution in [0.25, 0.3) is 0 Å². The highest BCUT2D eigenvalue weighted by molar-refractivity contribution is 5.85. The molecule has 0 saturated heterocycles. The average Bonchev–Trinajstić information content (AvgIpc) is 2.53. The Bertz CT molecular complexity index is 706. The molecule has 0 aliphatic rings. The molecule has 0 heterocycles. The smallest absolute Gasteiger partial charge is 0.478 e. The SMILES string of the molecule is C=C(CCc1cccc(OC(=O)Oc2ccccc2)c1)C(=O)O. The molecule has 1 N–H and O–H groups in total. The summed E-state index contributed by atoms with van der Waals surface area (Å²) in [4.78, 5) is 22.4. The highest BCUT2D eigenvalue weighted by atomic mass is 16.7. The van der Waals surface area contributed by atoms with Gasteiger partial charge in [-0.15, -0.1) is 0 Å². The summed E-state index contributed by atoms with van der Waals surface area (Å²) in [7, 11) is 0. The lowest BCUT2D eigenvalue weighted by Gasteiger charge is -2.07. The van der Waals surface area contributed by atoms with Crippen molar-refractivity contribution in [3.63, 3.8) is 0 Å². The highest BCUT2D eigenvalue weighted by Gasteiger charge is 2.09. The zero-order chi connectivity index (χ0) is 16.7. The number of carbonyl (C=O) groups excluding carboxylic acids is 1. The van der Waals surface area contributed by atoms with Crippen LogP contribution in [0, 0.1) is 0 Å². The van der Waals surface area contributed by atoms with Gasteiger partial charge in [-0.05, 0) is 42.7 Å². The molecule has 0 aliphatic heterocycles. The van der Waals surface area contributed by atoms with E-state index in [-0.39, 0.29) is 5.57 Å². The summed E-state index contributed by atoms with van der Waals surface area (Å²) in [6, 6.07) is 15.5. The van der Waals surface area contributed by atoms with Crippen LogP contribution in [0.2, 0.25) is 0 Å². The van der Waals surface area contributed by atoms with E-state index in [1.165, 1.54) is 0 Å². The lowest BCUT2D eigenvalue weighted by molar-refractivity contribution is -0.132. The number of carboxylic acids is 1. The van der Waals surface area contributed by atoms with Gasteiger partial charge in [0.05, 0.1) is 0 Å². The van der Waals surface area contributed by atoms with Gasteiger partial charge >= 0.3 is 12.1 Å². The molecule has 0 aliphatic carbocycles. The zero-order valence-electron chi connectivity index (χ0n) is 12.4. The van der Waals surface area contributed by atoms with Gasteiger partial charge in [0.2, 0.25) is 0 Å². The Morgan fingerprint density at radius 2 is 1.61 bits per heavy atom. The van der Waals surface area contributed by atoms with Gasteiger partial charge in [-0.2, -0.15) is 0 Å². The molecule has 0 spiro atoms. The quantitative estimate of drug-likeness (QED) is 0.498. The van der Waals surface area contributed by atoms with Crippen LogP contribution < -0.4 is 9.47 Å². The van der Waals surface area contributed by atoms with E-state index in [0.29, 0.717) is 24.3 Å². The Kier molecular flexibility index (Phi) is 5.52. The van der Waals surface area contributed by atoms with Crippen molar-refractivity contribution in [2.75, 3.05) is 0 Å². The summed E-state index contributed by atoms with van der Waals surface area (Å²) in [5.41, 5.74) is 0.984. The summed E-state index contributed by atoms with van der Waals surface area (Å²) in [6.07, 6.45) is -0.00755. The summed E-state index contributed by atoms with van der Waals surface area (Å²) in [6.45, 7) is 3.48. The fourth-order valence-electron chi connectivity index (χ4n) is 1.87. The monoisotopic (exact) mass is 312 g/mol. The number of hydrogen-bond donors (Lipinski definition) is 1. The molecule has 0 fully saturated rings. The van der Waals surface area contributed by atoms with Gasteiger partial charge < -0.3 is 14.6 Å². The predicted octanol–water partition coefficient (Wildman–Crippen LogP) is 3.84. The van der Waals surface area contributed by atoms with Crippen LogP contribution >= 0.6 is 0 Å². The second kappa shape index (κ2) is 7.79. The van der Waals surface area contributed by atoms with Crippen LogP contribution in [0.5, 0.6) is 11.5 Å². The standard InChI is InChI=1S/C18H16O5/c1-13(17(19)20)10-11-14-6-5-9-16(12-14)23-18(21)22-15-7-3-2-4-8-15/h2-9,12H,1,10-11H2,(H,19,20). The Balaban J connectivity index is 1.93. The third kappa shape index (κ3) is 5.32. The topological polar surface area (TPSA) is 72.8 Å². The number of benzene rings is 2. The molecule has 0 aromatic heterocycles. The normalized spacial score (nSPS) is 9.91. The van der Waals surface area contributed by atoms with E-state index < -0.39 is 12.1 Å². The van der Waals surface area contributed by atoms with Crippen LogP contribution in [-0.2, 0) is 11.2 Å². The molecule has 0 amide bonds. The van der Waals surface area contributed by atoms with E-state index in [1.54, 1.807) is 42.5 Å². The fourth-order valence-corrected chi connectivity index (χ4v) is 1.87. The third-order valence-electron chi connectivity index (χ3n) is 3.06. The van der Waals surface area contributed by atoms with Gasteiger partial charge in [0.15, 0.2) is 0 Å². The number of aryl methyl sites for hydroxylation is 1. The average molecular weight is 312 g/mol. The Morgan fingerprint density at radius 3 is 2.30 bits per heavy atom. The Morgan fingerprint density at radius 1 is 0.957 bits per heavy atom. The van der Waals surface area contributed by atoms with E-state index in [2.05, 4.69) is 6.58 Å². The molecule has 0 unspecified atom stereocenters. The molecule has 0 bridgehead atoms. The van der Waals surface area contributed by atoms with Crippen LogP contribution in [0.1, 0.15) is 12.0 Å². The molecule has 0 saturated carbocycles. The molecule has 5 heteroatoms. The van der Waals surface area contributed by atoms with Crippen molar-refractivity contribution in [1.29, 1.82) is 0 Å². The lowest BCUT2D eigenvalue weighted by Crippen LogP contribution is -2.13. The number of aliphatic carboxylic acids is 1. The van der Waals surface area contributed by atoms with Gasteiger partial charge in [0.25, 0.3) is 0 Å². The van der Waals surface area contributed by atoms with Gasteiger partial charge in [0, 0.05) is 5.57 Å². The van der Waals surface area contributed by atoms with E-state index in [4.69, 9.17) is 14.6 Å². The van der Waals surface area contributed by atoms with E-state index in [9.17, 15) is 9.59 Å². The third-order valence-corrected chi connectivity index (χ3v) is 3.06. The van der Waals surface area contributed by atoms with Crippen LogP contribution in [-0.4, -0.2) is 17.2 Å². The highest BCUT2D eigenvalue weighted by Crippen LogP contribution is 2.17. The molecule has 5 nitrogen and oxygen atoms in total. The zero-order valence-corrected chi connectivity index (χ0v) is 12.4. The Hall–Kier alpha value is -3.08. The molecule has 2 rings (SSSR count). The van der Waals surface area contributed by atoms with Crippen molar-refractivity contribution < 1.29 is 24.2 Å². The Labute approximate surface area is 133 Å². The molecular formula is C18H16O5. The molecule has 23 heavy (non-hydrogen) atoms. The number of ether oxygens (including phenoxy) is 2. The summed E-state index contributed by atoms with van der Waals surface area (Å²) < 4.78 is 10.1. The summed E-state index contributed by atoms with van der Waals surface area (Å²) in [5.74, 6) is -0.278. The van der Waals surface area contributed by atoms with E-state index >= 15 is 0 Å². The number of para-hydroxylation sites is 1. The molecule has 2 aromatic rings. The summed E-state index contributed by atoms with van der Waals surface area (Å²) >= 11 is 0. The fraction of sp³-hybridized carbons (Fsp3) is 0.111. The predicted molar refractivity (Wildman–Crippen MR) is 84.6 cm³/mol. The number of hydrogen-bond acceptors (Lipinski definition) is 4. The van der Waals surface area contributed by atoms with Crippen molar-refractivity contribution in [2.45, 2.75) is 12.8 Å². The van der Waals surface area contributed by atoms with Crippen molar-refractivity contribution in [3.8, 4) is 11.5 Å². The van der Waals surface area contributed by atoms with Gasteiger partial charge in [-0.3, -0.25) is 0 Å². The van der Waals surface area contributed by atoms with Crippen LogP contribution in [0.15, 0.2) is 66.7 Å². The first-order chi connectivity index (χ1) is 11.0. The first-order valence-electron chi connectivity index (χ1n) is 6.99. The van der Waals surface area contributed by atoms with Crippen molar-refractivity contribution in [3.05, 3.63) is 72.3 Å². The van der Waals surface area contributed by atoms with Crippen molar-refractivity contribution in [1.82, 2.24) is 0 Å². The minimum absolute atomic E-state index is 0.139. The van der Waals surface area contributed by atoms with E-state index in [1.807, 2.05) is 12.1 Å². The number of rotatable bonds is 6. The first-order valence-corrected chi connectivity index (χ1v) is 6.99. The number of carbonyl (C=O) groups is 2. The van der Waals surface area contributed by atoms with Crippen LogP contribution in [0.3, 0.4) is 0 Å². The summed E-state index contributed by atoms with van der Waals surface area (Å²) in [5, 5.41) is 8.79. The molecule has 0 radical (unpaired) electrons. The second-order valence-electron chi connectivity index (χ2n) is 4.82. The van der Waals surface area contributed by atoms with E-state index in [0.717, 1.165) is 5.56 Å². The minimum atomic E-state index is -1.01. The van der Waals surface area contributed by atoms with Crippen molar-refractivity contribution >= 4 is 12.1 Å². The lowest BCUT2D eigenvalue weighted by atomic mass is 10.1. The maximum atomic E-state index is 11.7. The molecule has 0 atom stereocenters. The largest absolute Gasteiger partial charge is 0.519 e. The molecular weight excluding hydrogens is 296 g/mol. The van der Waals surface area contributed by atoms with Crippen molar-refractivity contribution in [2.24, 2.45) is 0 Å². The molecule has 118 valence electrons. The van der Waals surface area contributed by atoms with Gasteiger partial charge in [-0.1, -0.05) is 36.9 Å².